The first-order valence-corrected chi connectivity index (χ1v) is 9.78. The molecule has 3 aromatic heterocycles. The molecule has 1 saturated heterocycles. The van der Waals surface area contributed by atoms with Crippen molar-refractivity contribution in [3.05, 3.63) is 46.5 Å². The lowest BCUT2D eigenvalue weighted by molar-refractivity contribution is 0.0697. The van der Waals surface area contributed by atoms with E-state index < -0.39 is 17.4 Å². The van der Waals surface area contributed by atoms with E-state index in [0.717, 1.165) is 0 Å². The minimum Gasteiger partial charge on any atom is -0.381 e. The Kier molecular flexibility index (Phi) is 4.71. The maximum Gasteiger partial charge on any atom is 0.327 e. The number of aromatic nitrogens is 6. The van der Waals surface area contributed by atoms with Gasteiger partial charge in [-0.15, -0.1) is 0 Å². The number of hydrogen-bond donors (Lipinski definition) is 3. The number of nitrogens with zero attached hydrogens (tertiary/aromatic N) is 5. The fourth-order valence-corrected chi connectivity index (χ4v) is 3.86. The molecule has 12 heteroatoms. The summed E-state index contributed by atoms with van der Waals surface area (Å²) in [6.07, 6.45) is 2.71. The first-order valence-electron chi connectivity index (χ1n) is 9.78. The Bertz CT molecular complexity index is 1350. The second-order valence-corrected chi connectivity index (χ2v) is 7.17. The van der Waals surface area contributed by atoms with Gasteiger partial charge in [-0.2, -0.15) is 4.98 Å². The summed E-state index contributed by atoms with van der Waals surface area (Å²) in [5, 5.41) is 2.49. The number of benzene rings is 1. The van der Waals surface area contributed by atoms with Crippen LogP contribution in [0.5, 0.6) is 0 Å². The first kappa shape index (κ1) is 19.3. The highest BCUT2D eigenvalue weighted by atomic mass is 19.1. The summed E-state index contributed by atoms with van der Waals surface area (Å²) in [7, 11) is 0. The number of fused-ring (bicyclic) bond motifs is 2. The largest absolute Gasteiger partial charge is 0.381 e. The molecule has 1 fully saturated rings. The SMILES string of the molecule is NCNC(=O)c1nc(-n2cnc3ccc(F)cc32)nc2c1[nH]c(=O)n2C1CCOCC1. The van der Waals surface area contributed by atoms with Crippen LogP contribution < -0.4 is 16.7 Å². The molecular weight excluding hydrogens is 407 g/mol. The minimum absolute atomic E-state index is 0.0355. The van der Waals surface area contributed by atoms with Gasteiger partial charge in [0.1, 0.15) is 17.7 Å². The highest BCUT2D eigenvalue weighted by molar-refractivity contribution is 6.02. The molecular formula is C19H19FN8O3. The van der Waals surface area contributed by atoms with E-state index in [9.17, 15) is 14.0 Å². The number of aromatic amines is 1. The van der Waals surface area contributed by atoms with Crippen LogP contribution in [0.4, 0.5) is 4.39 Å². The van der Waals surface area contributed by atoms with Crippen molar-refractivity contribution in [1.82, 2.24) is 34.4 Å². The van der Waals surface area contributed by atoms with Gasteiger partial charge in [0.25, 0.3) is 5.91 Å². The van der Waals surface area contributed by atoms with Crippen LogP contribution in [-0.2, 0) is 4.74 Å². The predicted molar refractivity (Wildman–Crippen MR) is 108 cm³/mol. The second-order valence-electron chi connectivity index (χ2n) is 7.17. The summed E-state index contributed by atoms with van der Waals surface area (Å²) in [5.41, 5.74) is 6.49. The minimum atomic E-state index is -0.563. The smallest absolute Gasteiger partial charge is 0.327 e. The van der Waals surface area contributed by atoms with Crippen molar-refractivity contribution < 1.29 is 13.9 Å². The monoisotopic (exact) mass is 426 g/mol. The highest BCUT2D eigenvalue weighted by Crippen LogP contribution is 2.25. The number of rotatable bonds is 4. The van der Waals surface area contributed by atoms with Crippen molar-refractivity contribution >= 4 is 28.1 Å². The number of nitrogens with one attached hydrogen (secondary N) is 2. The second kappa shape index (κ2) is 7.56. The van der Waals surface area contributed by atoms with Crippen LogP contribution in [0.25, 0.3) is 28.1 Å². The predicted octanol–water partition coefficient (Wildman–Crippen LogP) is 0.595. The molecule has 160 valence electrons. The summed E-state index contributed by atoms with van der Waals surface area (Å²) in [4.78, 5) is 41.4. The number of ether oxygens (including phenoxy) is 1. The normalized spacial score (nSPS) is 15.0. The van der Waals surface area contributed by atoms with Crippen molar-refractivity contribution in [2.45, 2.75) is 18.9 Å². The van der Waals surface area contributed by atoms with E-state index in [1.54, 1.807) is 0 Å². The molecule has 11 nitrogen and oxygen atoms in total. The van der Waals surface area contributed by atoms with E-state index in [4.69, 9.17) is 10.5 Å². The van der Waals surface area contributed by atoms with Crippen molar-refractivity contribution in [3.63, 3.8) is 0 Å². The van der Waals surface area contributed by atoms with E-state index >= 15 is 0 Å². The van der Waals surface area contributed by atoms with Gasteiger partial charge in [0.05, 0.1) is 17.7 Å². The topological polar surface area (TPSA) is 146 Å². The molecule has 0 bridgehead atoms. The number of carbonyl (C=O) groups excluding carboxylic acids is 1. The molecule has 0 aliphatic carbocycles. The summed E-state index contributed by atoms with van der Waals surface area (Å²) in [6.45, 7) is 0.936. The van der Waals surface area contributed by atoms with E-state index in [2.05, 4.69) is 25.3 Å². The molecule has 0 saturated carbocycles. The summed E-state index contributed by atoms with van der Waals surface area (Å²) in [6, 6.07) is 4.01. The fourth-order valence-electron chi connectivity index (χ4n) is 3.86. The van der Waals surface area contributed by atoms with E-state index in [-0.39, 0.29) is 35.5 Å². The van der Waals surface area contributed by atoms with Gasteiger partial charge >= 0.3 is 5.69 Å². The number of H-pyrrole nitrogens is 1. The molecule has 0 unspecified atom stereocenters. The Labute approximate surface area is 174 Å². The maximum absolute atomic E-state index is 13.9. The molecule has 0 radical (unpaired) electrons. The lowest BCUT2D eigenvalue weighted by atomic mass is 10.1. The van der Waals surface area contributed by atoms with E-state index in [1.807, 2.05) is 0 Å². The quantitative estimate of drug-likeness (QED) is 0.405. The summed E-state index contributed by atoms with van der Waals surface area (Å²) in [5.74, 6) is -0.924. The van der Waals surface area contributed by atoms with Gasteiger partial charge in [-0.1, -0.05) is 0 Å². The molecule has 1 aromatic carbocycles. The molecule has 4 aromatic rings. The number of halogens is 1. The zero-order valence-corrected chi connectivity index (χ0v) is 16.3. The van der Waals surface area contributed by atoms with Crippen LogP contribution in [0.15, 0.2) is 29.3 Å². The van der Waals surface area contributed by atoms with E-state index in [0.29, 0.717) is 37.1 Å². The zero-order valence-electron chi connectivity index (χ0n) is 16.3. The Morgan fingerprint density at radius 3 is 2.90 bits per heavy atom. The Morgan fingerprint density at radius 2 is 2.13 bits per heavy atom. The van der Waals surface area contributed by atoms with Crippen molar-refractivity contribution in [3.8, 4) is 5.95 Å². The van der Waals surface area contributed by atoms with Gasteiger partial charge in [-0.25, -0.2) is 19.2 Å². The zero-order chi connectivity index (χ0) is 21.5. The number of imidazole rings is 2. The van der Waals surface area contributed by atoms with E-state index in [1.165, 1.54) is 33.7 Å². The average molecular weight is 426 g/mol. The highest BCUT2D eigenvalue weighted by Gasteiger charge is 2.26. The first-order chi connectivity index (χ1) is 15.1. The Balaban J connectivity index is 1.77. The van der Waals surface area contributed by atoms with Crippen LogP contribution in [0.1, 0.15) is 29.4 Å². The lowest BCUT2D eigenvalue weighted by Gasteiger charge is -2.23. The van der Waals surface area contributed by atoms with Crippen molar-refractivity contribution in [2.24, 2.45) is 5.73 Å². The molecule has 0 atom stereocenters. The number of nitrogens with two attached hydrogens (primary N) is 1. The van der Waals surface area contributed by atoms with Crippen LogP contribution in [0.3, 0.4) is 0 Å². The number of amides is 1. The maximum atomic E-state index is 13.9. The molecule has 1 amide bonds. The summed E-state index contributed by atoms with van der Waals surface area (Å²) >= 11 is 0. The fraction of sp³-hybridized carbons (Fsp3) is 0.316. The van der Waals surface area contributed by atoms with Gasteiger partial charge < -0.3 is 20.8 Å². The summed E-state index contributed by atoms with van der Waals surface area (Å²) < 4.78 is 22.3. The van der Waals surface area contributed by atoms with Crippen LogP contribution in [-0.4, -0.2) is 54.9 Å². The van der Waals surface area contributed by atoms with Crippen LogP contribution >= 0.6 is 0 Å². The Hall–Kier alpha value is -3.64. The molecule has 1 aliphatic heterocycles. The molecule has 4 N–H and O–H groups in total. The average Bonchev–Trinajstić information content (AvgIpc) is 3.33. The third kappa shape index (κ3) is 3.25. The van der Waals surface area contributed by atoms with Crippen LogP contribution in [0.2, 0.25) is 0 Å². The molecule has 5 rings (SSSR count). The molecule has 31 heavy (non-hydrogen) atoms. The van der Waals surface area contributed by atoms with Crippen LogP contribution in [0, 0.1) is 5.82 Å². The lowest BCUT2D eigenvalue weighted by Crippen LogP contribution is -2.30. The third-order valence-electron chi connectivity index (χ3n) is 5.32. The third-order valence-corrected chi connectivity index (χ3v) is 5.32. The molecule has 1 aliphatic rings. The molecule has 4 heterocycles. The standard InChI is InChI=1S/C19H19FN8O3/c20-10-1-2-12-13(7-10)27(9-23-12)18-24-15(17(29)22-8-21)14-16(26-18)28(19(30)25-14)11-3-5-31-6-4-11/h1-2,7,9,11H,3-6,8,21H2,(H,22,29)(H,25,30). The number of hydrogen-bond acceptors (Lipinski definition) is 7. The van der Waals surface area contributed by atoms with Gasteiger partial charge in [-0.3, -0.25) is 13.9 Å². The van der Waals surface area contributed by atoms with Gasteiger partial charge in [0, 0.05) is 25.3 Å². The van der Waals surface area contributed by atoms with Gasteiger partial charge in [0.2, 0.25) is 5.95 Å². The number of carbonyl (C=O) groups is 1. The van der Waals surface area contributed by atoms with Gasteiger partial charge in [0.15, 0.2) is 11.3 Å². The molecule has 0 spiro atoms. The van der Waals surface area contributed by atoms with Crippen molar-refractivity contribution in [2.75, 3.05) is 19.9 Å². The Morgan fingerprint density at radius 1 is 1.32 bits per heavy atom. The van der Waals surface area contributed by atoms with Crippen molar-refractivity contribution in [1.29, 1.82) is 0 Å². The van der Waals surface area contributed by atoms with Gasteiger partial charge in [-0.05, 0) is 25.0 Å².